The van der Waals surface area contributed by atoms with Crippen LogP contribution in [0.25, 0.3) is 0 Å². The molecule has 1 heterocycles. The second kappa shape index (κ2) is 8.95. The van der Waals surface area contributed by atoms with Crippen molar-refractivity contribution in [3.8, 4) is 0 Å². The van der Waals surface area contributed by atoms with Crippen molar-refractivity contribution in [1.29, 1.82) is 0 Å². The lowest BCUT2D eigenvalue weighted by atomic mass is 10.0. The summed E-state index contributed by atoms with van der Waals surface area (Å²) in [7, 11) is 1.85. The van der Waals surface area contributed by atoms with Crippen LogP contribution in [0.3, 0.4) is 0 Å². The van der Waals surface area contributed by atoms with Crippen LogP contribution in [0.4, 0.5) is 0 Å². The highest BCUT2D eigenvalue weighted by atomic mass is 35.5. The SMILES string of the molecule is Cc1ccc2c(c1)CC(C(=O)N(C)CCC(NC(=O)CCl)C(C)C)S2. The summed E-state index contributed by atoms with van der Waals surface area (Å²) in [5, 5.41) is 2.89. The number of halogens is 1. The number of nitrogens with one attached hydrogen (secondary N) is 1. The Morgan fingerprint density at radius 1 is 1.40 bits per heavy atom. The number of hydrogen-bond donors (Lipinski definition) is 1. The van der Waals surface area contributed by atoms with Crippen LogP contribution in [0.1, 0.15) is 31.4 Å². The molecule has 0 saturated carbocycles. The fourth-order valence-corrected chi connectivity index (χ4v) is 4.39. The summed E-state index contributed by atoms with van der Waals surface area (Å²) in [4.78, 5) is 27.3. The van der Waals surface area contributed by atoms with Crippen molar-refractivity contribution in [3.05, 3.63) is 29.3 Å². The molecule has 2 amide bonds. The highest BCUT2D eigenvalue weighted by Crippen LogP contribution is 2.38. The number of hydrogen-bond acceptors (Lipinski definition) is 3. The third-order valence-corrected chi connectivity index (χ3v) is 6.14. The molecule has 0 bridgehead atoms. The van der Waals surface area contributed by atoms with Crippen LogP contribution < -0.4 is 5.32 Å². The summed E-state index contributed by atoms with van der Waals surface area (Å²) in [5.74, 6) is 0.259. The Balaban J connectivity index is 1.89. The Morgan fingerprint density at radius 2 is 2.12 bits per heavy atom. The molecule has 1 N–H and O–H groups in total. The number of fused-ring (bicyclic) bond motifs is 1. The van der Waals surface area contributed by atoms with Gasteiger partial charge in [0, 0.05) is 24.5 Å². The molecule has 0 saturated heterocycles. The number of aryl methyl sites for hydroxylation is 1. The van der Waals surface area contributed by atoms with Crippen molar-refractivity contribution in [1.82, 2.24) is 10.2 Å². The predicted octanol–water partition coefficient (Wildman–Crippen LogP) is 3.24. The van der Waals surface area contributed by atoms with Gasteiger partial charge in [0.25, 0.3) is 0 Å². The number of amides is 2. The third-order valence-electron chi connectivity index (χ3n) is 4.59. The first-order chi connectivity index (χ1) is 11.8. The molecule has 138 valence electrons. The molecule has 6 heteroatoms. The van der Waals surface area contributed by atoms with E-state index >= 15 is 0 Å². The van der Waals surface area contributed by atoms with Gasteiger partial charge in [0.1, 0.15) is 5.88 Å². The van der Waals surface area contributed by atoms with E-state index in [0.717, 1.165) is 12.8 Å². The highest BCUT2D eigenvalue weighted by Gasteiger charge is 2.30. The Labute approximate surface area is 159 Å². The van der Waals surface area contributed by atoms with E-state index in [1.54, 1.807) is 16.7 Å². The zero-order chi connectivity index (χ0) is 18.6. The van der Waals surface area contributed by atoms with E-state index in [2.05, 4.69) is 44.3 Å². The van der Waals surface area contributed by atoms with Crippen LogP contribution in [-0.2, 0) is 16.0 Å². The molecule has 4 nitrogen and oxygen atoms in total. The van der Waals surface area contributed by atoms with Gasteiger partial charge in [-0.3, -0.25) is 9.59 Å². The molecule has 1 aliphatic heterocycles. The van der Waals surface area contributed by atoms with E-state index in [4.69, 9.17) is 11.6 Å². The molecule has 0 spiro atoms. The summed E-state index contributed by atoms with van der Waals surface area (Å²) in [6, 6.07) is 6.40. The summed E-state index contributed by atoms with van der Waals surface area (Å²) in [6.45, 7) is 6.82. The molecule has 0 aromatic heterocycles. The van der Waals surface area contributed by atoms with Crippen molar-refractivity contribution in [2.24, 2.45) is 5.92 Å². The van der Waals surface area contributed by atoms with Crippen LogP contribution in [0, 0.1) is 12.8 Å². The lowest BCUT2D eigenvalue weighted by molar-refractivity contribution is -0.129. The van der Waals surface area contributed by atoms with Gasteiger partial charge in [-0.05, 0) is 37.3 Å². The first-order valence-electron chi connectivity index (χ1n) is 8.68. The summed E-state index contributed by atoms with van der Waals surface area (Å²) in [6.07, 6.45) is 1.52. The molecular formula is C19H27ClN2O2S. The number of carbonyl (C=O) groups is 2. The van der Waals surface area contributed by atoms with Gasteiger partial charge in [-0.2, -0.15) is 0 Å². The minimum atomic E-state index is -0.161. The fraction of sp³-hybridized carbons (Fsp3) is 0.579. The fourth-order valence-electron chi connectivity index (χ4n) is 3.02. The third kappa shape index (κ3) is 5.38. The molecule has 2 atom stereocenters. The monoisotopic (exact) mass is 382 g/mol. The van der Waals surface area contributed by atoms with Crippen LogP contribution in [0.5, 0.6) is 0 Å². The van der Waals surface area contributed by atoms with Crippen LogP contribution in [0.15, 0.2) is 23.1 Å². The number of benzene rings is 1. The second-order valence-electron chi connectivity index (χ2n) is 7.02. The van der Waals surface area contributed by atoms with Gasteiger partial charge in [0.05, 0.1) is 5.25 Å². The van der Waals surface area contributed by atoms with Crippen molar-refractivity contribution in [3.63, 3.8) is 0 Å². The number of rotatable bonds is 7. The zero-order valence-electron chi connectivity index (χ0n) is 15.3. The first kappa shape index (κ1) is 20.1. The van der Waals surface area contributed by atoms with Gasteiger partial charge in [0.2, 0.25) is 11.8 Å². The molecule has 2 rings (SSSR count). The Bertz CT molecular complexity index is 636. The van der Waals surface area contributed by atoms with Crippen LogP contribution >= 0.6 is 23.4 Å². The Morgan fingerprint density at radius 3 is 2.76 bits per heavy atom. The molecule has 25 heavy (non-hydrogen) atoms. The lowest BCUT2D eigenvalue weighted by Crippen LogP contribution is -2.43. The Hall–Kier alpha value is -1.20. The van der Waals surface area contributed by atoms with Crippen molar-refractivity contribution >= 4 is 35.2 Å². The quantitative estimate of drug-likeness (QED) is 0.736. The van der Waals surface area contributed by atoms with Crippen LogP contribution in [-0.4, -0.2) is 47.5 Å². The minimum Gasteiger partial charge on any atom is -0.352 e. The standard InChI is InChI=1S/C19H27ClN2O2S/c1-12(2)15(21-18(23)11-20)7-8-22(4)19(24)17-10-14-9-13(3)5-6-16(14)25-17/h5-6,9,12,15,17H,7-8,10-11H2,1-4H3,(H,21,23). The normalized spacial score (nSPS) is 17.3. The van der Waals surface area contributed by atoms with Gasteiger partial charge in [0.15, 0.2) is 0 Å². The van der Waals surface area contributed by atoms with E-state index in [1.807, 2.05) is 7.05 Å². The van der Waals surface area contributed by atoms with E-state index < -0.39 is 0 Å². The zero-order valence-corrected chi connectivity index (χ0v) is 16.9. The highest BCUT2D eigenvalue weighted by molar-refractivity contribution is 8.01. The molecule has 2 unspecified atom stereocenters. The second-order valence-corrected chi connectivity index (χ2v) is 8.53. The Kier molecular flexibility index (Phi) is 7.20. The first-order valence-corrected chi connectivity index (χ1v) is 10.1. The van der Waals surface area contributed by atoms with Gasteiger partial charge < -0.3 is 10.2 Å². The predicted molar refractivity (Wildman–Crippen MR) is 104 cm³/mol. The van der Waals surface area contributed by atoms with Gasteiger partial charge >= 0.3 is 0 Å². The van der Waals surface area contributed by atoms with Crippen molar-refractivity contribution in [2.75, 3.05) is 19.5 Å². The number of nitrogens with zero attached hydrogens (tertiary/aromatic N) is 1. The maximum absolute atomic E-state index is 12.8. The number of thioether (sulfide) groups is 1. The largest absolute Gasteiger partial charge is 0.352 e. The van der Waals surface area contributed by atoms with E-state index in [1.165, 1.54) is 16.0 Å². The van der Waals surface area contributed by atoms with Crippen molar-refractivity contribution in [2.45, 2.75) is 49.8 Å². The average Bonchev–Trinajstić information content (AvgIpc) is 2.99. The van der Waals surface area contributed by atoms with Gasteiger partial charge in [-0.15, -0.1) is 23.4 Å². The summed E-state index contributed by atoms with van der Waals surface area (Å²) >= 11 is 7.23. The molecule has 1 aromatic rings. The number of carbonyl (C=O) groups excluding carboxylic acids is 2. The van der Waals surface area contributed by atoms with Crippen molar-refractivity contribution < 1.29 is 9.59 Å². The minimum absolute atomic E-state index is 0.0255. The molecule has 1 aromatic carbocycles. The van der Waals surface area contributed by atoms with Crippen LogP contribution in [0.2, 0.25) is 0 Å². The summed E-state index contributed by atoms with van der Waals surface area (Å²) < 4.78 is 0. The number of alkyl halides is 1. The molecule has 0 radical (unpaired) electrons. The lowest BCUT2D eigenvalue weighted by Gasteiger charge is -2.26. The molecular weight excluding hydrogens is 356 g/mol. The topological polar surface area (TPSA) is 49.4 Å². The molecule has 1 aliphatic rings. The van der Waals surface area contributed by atoms with E-state index in [-0.39, 0.29) is 29.0 Å². The summed E-state index contributed by atoms with van der Waals surface area (Å²) in [5.41, 5.74) is 2.50. The van der Waals surface area contributed by atoms with E-state index in [9.17, 15) is 9.59 Å². The molecule has 0 fully saturated rings. The van der Waals surface area contributed by atoms with E-state index in [0.29, 0.717) is 12.5 Å². The molecule has 0 aliphatic carbocycles. The van der Waals surface area contributed by atoms with Gasteiger partial charge in [-0.1, -0.05) is 31.5 Å². The average molecular weight is 383 g/mol. The van der Waals surface area contributed by atoms with Gasteiger partial charge in [-0.25, -0.2) is 0 Å². The smallest absolute Gasteiger partial charge is 0.236 e. The maximum atomic E-state index is 12.8. The maximum Gasteiger partial charge on any atom is 0.236 e.